The highest BCUT2D eigenvalue weighted by molar-refractivity contribution is 9.09. The number of hydrogen-bond donors (Lipinski definition) is 0. The van der Waals surface area contributed by atoms with Gasteiger partial charge in [0, 0.05) is 16.1 Å². The minimum Gasteiger partial charge on any atom is -0.369 e. The predicted octanol–water partition coefficient (Wildman–Crippen LogP) is 6.01. The Morgan fingerprint density at radius 2 is 1.15 bits per heavy atom. The molecule has 0 radical (unpaired) electrons. The van der Waals surface area contributed by atoms with Gasteiger partial charge in [-0.1, -0.05) is 80.4 Å². The predicted molar refractivity (Wildman–Crippen MR) is 117 cm³/mol. The molecule has 0 N–H and O–H groups in total. The third-order valence-corrected chi connectivity index (χ3v) is 8.15. The van der Waals surface area contributed by atoms with Gasteiger partial charge in [0.1, 0.15) is 11.2 Å². The van der Waals surface area contributed by atoms with E-state index in [1.807, 2.05) is 0 Å². The molecule has 2 aliphatic rings. The molecular weight excluding hydrogens is 468 g/mol. The molecule has 2 aromatic rings. The van der Waals surface area contributed by atoms with Gasteiger partial charge in [-0.2, -0.15) is 0 Å². The van der Waals surface area contributed by atoms with Crippen LogP contribution in [0.4, 0.5) is 0 Å². The first kappa shape index (κ1) is 19.6. The number of ether oxygens (including phenoxy) is 2. The van der Waals surface area contributed by atoms with Gasteiger partial charge in [-0.05, 0) is 48.9 Å². The van der Waals surface area contributed by atoms with Crippen molar-refractivity contribution in [3.05, 3.63) is 70.8 Å². The van der Waals surface area contributed by atoms with Gasteiger partial charge >= 0.3 is 0 Å². The number of alkyl halides is 2. The molecule has 2 heterocycles. The summed E-state index contributed by atoms with van der Waals surface area (Å²) >= 11 is 7.52. The van der Waals surface area contributed by atoms with Crippen molar-refractivity contribution in [3.63, 3.8) is 0 Å². The highest BCUT2D eigenvalue weighted by atomic mass is 79.9. The zero-order valence-corrected chi connectivity index (χ0v) is 19.1. The minimum atomic E-state index is -0.275. The standard InChI is InChI=1S/C23H26Br2O2/c1-17-7-3-5-9-19(17)22(13-24)11-21(15-26-22)12-23(14-25,27-16-21)20-10-6-4-8-18(20)2/h3-10H,11-16H2,1-2H3/t21?,22-,23-/m1/s1. The van der Waals surface area contributed by atoms with Crippen LogP contribution in [0.1, 0.15) is 35.1 Å². The largest absolute Gasteiger partial charge is 0.369 e. The van der Waals surface area contributed by atoms with Crippen LogP contribution in [0.5, 0.6) is 0 Å². The van der Waals surface area contributed by atoms with Crippen LogP contribution in [0.15, 0.2) is 48.5 Å². The van der Waals surface area contributed by atoms with Gasteiger partial charge in [0.15, 0.2) is 0 Å². The van der Waals surface area contributed by atoms with E-state index in [1.54, 1.807) is 0 Å². The average Bonchev–Trinajstić information content (AvgIpc) is 3.25. The maximum Gasteiger partial charge on any atom is 0.104 e. The van der Waals surface area contributed by atoms with E-state index < -0.39 is 0 Å². The molecule has 0 amide bonds. The van der Waals surface area contributed by atoms with Crippen LogP contribution in [0.3, 0.4) is 0 Å². The summed E-state index contributed by atoms with van der Waals surface area (Å²) in [5.41, 5.74) is 4.67. The molecular formula is C23H26Br2O2. The Hall–Kier alpha value is -0.680. The smallest absolute Gasteiger partial charge is 0.104 e. The van der Waals surface area contributed by atoms with Crippen molar-refractivity contribution in [1.29, 1.82) is 0 Å². The van der Waals surface area contributed by atoms with Gasteiger partial charge in [0.05, 0.1) is 13.2 Å². The first-order valence-electron chi connectivity index (χ1n) is 9.50. The van der Waals surface area contributed by atoms with E-state index in [4.69, 9.17) is 9.47 Å². The van der Waals surface area contributed by atoms with E-state index in [2.05, 4.69) is 94.2 Å². The first-order chi connectivity index (χ1) is 13.0. The molecule has 0 saturated carbocycles. The Labute approximate surface area is 178 Å². The lowest BCUT2D eigenvalue weighted by molar-refractivity contribution is 0.0113. The number of benzene rings is 2. The van der Waals surface area contributed by atoms with Crippen LogP contribution in [0.2, 0.25) is 0 Å². The molecule has 2 aromatic carbocycles. The molecule has 4 rings (SSSR count). The van der Waals surface area contributed by atoms with E-state index >= 15 is 0 Å². The summed E-state index contributed by atoms with van der Waals surface area (Å²) in [6.45, 7) is 5.84. The molecule has 2 fully saturated rings. The third kappa shape index (κ3) is 3.23. The van der Waals surface area contributed by atoms with Crippen LogP contribution in [0.25, 0.3) is 0 Å². The quantitative estimate of drug-likeness (QED) is 0.485. The van der Waals surface area contributed by atoms with E-state index in [-0.39, 0.29) is 16.6 Å². The molecule has 0 unspecified atom stereocenters. The fourth-order valence-electron chi connectivity index (χ4n) is 5.03. The highest BCUT2D eigenvalue weighted by Gasteiger charge is 2.58. The molecule has 27 heavy (non-hydrogen) atoms. The molecule has 2 nitrogen and oxygen atoms in total. The van der Waals surface area contributed by atoms with Crippen molar-refractivity contribution < 1.29 is 9.47 Å². The molecule has 2 saturated heterocycles. The van der Waals surface area contributed by atoms with Crippen molar-refractivity contribution in [2.75, 3.05) is 23.9 Å². The number of halogens is 2. The molecule has 144 valence electrons. The van der Waals surface area contributed by atoms with Crippen LogP contribution < -0.4 is 0 Å². The average molecular weight is 494 g/mol. The monoisotopic (exact) mass is 492 g/mol. The Kier molecular flexibility index (Phi) is 5.30. The maximum absolute atomic E-state index is 6.56. The van der Waals surface area contributed by atoms with Crippen LogP contribution in [-0.4, -0.2) is 23.9 Å². The number of hydrogen-bond acceptors (Lipinski definition) is 2. The van der Waals surface area contributed by atoms with Gasteiger partial charge in [0.25, 0.3) is 0 Å². The highest BCUT2D eigenvalue weighted by Crippen LogP contribution is 2.57. The second-order valence-corrected chi connectivity index (χ2v) is 9.44. The van der Waals surface area contributed by atoms with Crippen molar-refractivity contribution in [2.45, 2.75) is 37.9 Å². The lowest BCUT2D eigenvalue weighted by atomic mass is 9.73. The Morgan fingerprint density at radius 1 is 0.741 bits per heavy atom. The van der Waals surface area contributed by atoms with Gasteiger partial charge < -0.3 is 9.47 Å². The van der Waals surface area contributed by atoms with Gasteiger partial charge in [-0.25, -0.2) is 0 Å². The third-order valence-electron chi connectivity index (χ3n) is 6.33. The van der Waals surface area contributed by atoms with Crippen molar-refractivity contribution in [2.24, 2.45) is 5.41 Å². The summed E-state index contributed by atoms with van der Waals surface area (Å²) in [6.07, 6.45) is 1.97. The molecule has 2 aliphatic heterocycles. The summed E-state index contributed by atoms with van der Waals surface area (Å²) in [5, 5.41) is 1.61. The molecule has 0 aromatic heterocycles. The van der Waals surface area contributed by atoms with Gasteiger partial charge in [-0.3, -0.25) is 0 Å². The summed E-state index contributed by atoms with van der Waals surface area (Å²) in [7, 11) is 0. The van der Waals surface area contributed by atoms with Crippen LogP contribution in [0, 0.1) is 19.3 Å². The summed E-state index contributed by atoms with van der Waals surface area (Å²) in [6, 6.07) is 17.2. The molecule has 1 spiro atoms. The van der Waals surface area contributed by atoms with Crippen molar-refractivity contribution in [3.8, 4) is 0 Å². The number of rotatable bonds is 4. The minimum absolute atomic E-state index is 0.0477. The normalized spacial score (nSPS) is 29.5. The van der Waals surface area contributed by atoms with E-state index in [0.29, 0.717) is 0 Å². The molecule has 0 aliphatic carbocycles. The second kappa shape index (κ2) is 7.29. The molecule has 4 heteroatoms. The van der Waals surface area contributed by atoms with E-state index in [1.165, 1.54) is 22.3 Å². The fourth-order valence-corrected chi connectivity index (χ4v) is 6.36. The van der Waals surface area contributed by atoms with E-state index in [9.17, 15) is 0 Å². The van der Waals surface area contributed by atoms with Crippen molar-refractivity contribution in [1.82, 2.24) is 0 Å². The first-order valence-corrected chi connectivity index (χ1v) is 11.7. The summed E-state index contributed by atoms with van der Waals surface area (Å²) < 4.78 is 13.1. The lowest BCUT2D eigenvalue weighted by Crippen LogP contribution is -2.32. The fraction of sp³-hybridized carbons (Fsp3) is 0.478. The Morgan fingerprint density at radius 3 is 1.52 bits per heavy atom. The zero-order chi connectivity index (χ0) is 19.1. The zero-order valence-electron chi connectivity index (χ0n) is 15.9. The van der Waals surface area contributed by atoms with Crippen LogP contribution >= 0.6 is 31.9 Å². The second-order valence-electron chi connectivity index (χ2n) is 8.32. The number of aryl methyl sites for hydroxylation is 2. The lowest BCUT2D eigenvalue weighted by Gasteiger charge is -2.31. The van der Waals surface area contributed by atoms with Crippen LogP contribution in [-0.2, 0) is 20.7 Å². The van der Waals surface area contributed by atoms with Gasteiger partial charge in [-0.15, -0.1) is 0 Å². The molecule has 0 bridgehead atoms. The SMILES string of the molecule is Cc1ccccc1[C@]1(CBr)CC2(CO1)CO[C@](CBr)(c1ccccc1C)C2. The maximum atomic E-state index is 6.56. The summed E-state index contributed by atoms with van der Waals surface area (Å²) in [4.78, 5) is 0. The van der Waals surface area contributed by atoms with Gasteiger partial charge in [0.2, 0.25) is 0 Å². The molecule has 2 atom stereocenters. The topological polar surface area (TPSA) is 18.5 Å². The van der Waals surface area contributed by atoms with Crippen molar-refractivity contribution >= 4 is 31.9 Å². The Balaban J connectivity index is 1.67. The Bertz CT molecular complexity index is 767. The summed E-state index contributed by atoms with van der Waals surface area (Å²) in [5.74, 6) is 0. The van der Waals surface area contributed by atoms with E-state index in [0.717, 1.165) is 36.7 Å².